The van der Waals surface area contributed by atoms with Gasteiger partial charge in [-0.05, 0) is 72.6 Å². The zero-order chi connectivity index (χ0) is 27.9. The van der Waals surface area contributed by atoms with Crippen molar-refractivity contribution in [1.82, 2.24) is 9.80 Å². The number of piperazine rings is 1. The number of alkyl halides is 6. The second-order valence-corrected chi connectivity index (χ2v) is 9.11. The van der Waals surface area contributed by atoms with Crippen molar-refractivity contribution in [3.05, 3.63) is 83.9 Å². The van der Waals surface area contributed by atoms with Crippen molar-refractivity contribution in [2.24, 2.45) is 0 Å². The highest BCUT2D eigenvalue weighted by molar-refractivity contribution is 5.36. The summed E-state index contributed by atoms with van der Waals surface area (Å²) >= 11 is 0. The summed E-state index contributed by atoms with van der Waals surface area (Å²) in [5.74, 6) is 1.25. The first-order valence-corrected chi connectivity index (χ1v) is 12.4. The van der Waals surface area contributed by atoms with Crippen LogP contribution in [0.4, 0.5) is 26.3 Å². The molecule has 0 atom stereocenters. The molecule has 1 aliphatic heterocycles. The Labute approximate surface area is 222 Å². The molecule has 1 fully saturated rings. The van der Waals surface area contributed by atoms with Gasteiger partial charge in [0.05, 0.1) is 12.2 Å². The molecule has 0 saturated carbocycles. The van der Waals surface area contributed by atoms with E-state index in [1.807, 2.05) is 0 Å². The van der Waals surface area contributed by atoms with Crippen LogP contribution in [0.3, 0.4) is 0 Å². The average Bonchev–Trinajstić information content (AvgIpc) is 2.89. The van der Waals surface area contributed by atoms with Crippen molar-refractivity contribution in [2.75, 3.05) is 39.3 Å². The van der Waals surface area contributed by atoms with Gasteiger partial charge in [0.25, 0.3) is 0 Å². The second kappa shape index (κ2) is 12.6. The molecule has 11 heteroatoms. The lowest BCUT2D eigenvalue weighted by atomic mass is 10.2. The van der Waals surface area contributed by atoms with E-state index in [1.54, 1.807) is 36.4 Å². The molecule has 1 heterocycles. The molecule has 0 aliphatic carbocycles. The molecule has 0 aromatic heterocycles. The molecule has 0 amide bonds. The van der Waals surface area contributed by atoms with Crippen molar-refractivity contribution in [2.45, 2.75) is 25.5 Å². The van der Waals surface area contributed by atoms with Crippen LogP contribution in [0.25, 0.3) is 0 Å². The van der Waals surface area contributed by atoms with E-state index in [2.05, 4.69) is 14.5 Å². The van der Waals surface area contributed by atoms with E-state index in [-0.39, 0.29) is 5.75 Å². The quantitative estimate of drug-likeness (QED) is 0.200. The number of nitrogens with zero attached hydrogens (tertiary/aromatic N) is 2. The Morgan fingerprint density at radius 2 is 1.13 bits per heavy atom. The SMILES string of the molecule is FC(F)(F)Oc1ccc(CN2CCN(CCCOc3ccc(Oc4ccc(C(F)(F)F)cc4)cc3)CC2)cc1. The number of rotatable bonds is 10. The normalized spacial score (nSPS) is 15.2. The first kappa shape index (κ1) is 28.6. The highest BCUT2D eigenvalue weighted by Gasteiger charge is 2.31. The topological polar surface area (TPSA) is 34.2 Å². The molecule has 210 valence electrons. The molecule has 1 saturated heterocycles. The van der Waals surface area contributed by atoms with Crippen LogP contribution in [-0.4, -0.2) is 55.5 Å². The lowest BCUT2D eigenvalue weighted by molar-refractivity contribution is -0.274. The summed E-state index contributed by atoms with van der Waals surface area (Å²) in [5, 5.41) is 0. The van der Waals surface area contributed by atoms with Gasteiger partial charge >= 0.3 is 12.5 Å². The van der Waals surface area contributed by atoms with E-state index in [9.17, 15) is 26.3 Å². The molecule has 0 bridgehead atoms. The molecule has 0 N–H and O–H groups in total. The number of hydrogen-bond donors (Lipinski definition) is 0. The van der Waals surface area contributed by atoms with Gasteiger partial charge in [-0.2, -0.15) is 13.2 Å². The molecule has 1 aliphatic rings. The van der Waals surface area contributed by atoms with E-state index in [4.69, 9.17) is 9.47 Å². The van der Waals surface area contributed by atoms with Crippen LogP contribution in [0, 0.1) is 0 Å². The van der Waals surface area contributed by atoms with Gasteiger partial charge < -0.3 is 19.1 Å². The van der Waals surface area contributed by atoms with Gasteiger partial charge in [0.15, 0.2) is 0 Å². The van der Waals surface area contributed by atoms with Crippen molar-refractivity contribution < 1.29 is 40.6 Å². The fraction of sp³-hybridized carbons (Fsp3) is 0.357. The Morgan fingerprint density at radius 3 is 1.69 bits per heavy atom. The molecular weight excluding hydrogens is 526 g/mol. The lowest BCUT2D eigenvalue weighted by Crippen LogP contribution is -2.46. The zero-order valence-corrected chi connectivity index (χ0v) is 21.0. The van der Waals surface area contributed by atoms with Crippen LogP contribution >= 0.6 is 0 Å². The predicted octanol–water partition coefficient (Wildman–Crippen LogP) is 6.98. The van der Waals surface area contributed by atoms with Crippen LogP contribution < -0.4 is 14.2 Å². The third-order valence-corrected chi connectivity index (χ3v) is 6.16. The maximum Gasteiger partial charge on any atom is 0.573 e. The highest BCUT2D eigenvalue weighted by atomic mass is 19.4. The molecule has 0 spiro atoms. The average molecular weight is 555 g/mol. The fourth-order valence-electron chi connectivity index (χ4n) is 4.16. The lowest BCUT2D eigenvalue weighted by Gasteiger charge is -2.34. The van der Waals surface area contributed by atoms with Gasteiger partial charge in [-0.25, -0.2) is 0 Å². The van der Waals surface area contributed by atoms with Gasteiger partial charge in [-0.3, -0.25) is 4.90 Å². The number of hydrogen-bond acceptors (Lipinski definition) is 5. The first-order chi connectivity index (χ1) is 18.5. The molecular formula is C28H28F6N2O3. The van der Waals surface area contributed by atoms with Gasteiger partial charge in [-0.1, -0.05) is 12.1 Å². The summed E-state index contributed by atoms with van der Waals surface area (Å²) in [4.78, 5) is 4.61. The third-order valence-electron chi connectivity index (χ3n) is 6.16. The van der Waals surface area contributed by atoms with Crippen LogP contribution in [-0.2, 0) is 12.7 Å². The maximum absolute atomic E-state index is 12.7. The molecule has 0 unspecified atom stereocenters. The van der Waals surface area contributed by atoms with Crippen LogP contribution in [0.15, 0.2) is 72.8 Å². The summed E-state index contributed by atoms with van der Waals surface area (Å²) < 4.78 is 90.2. The fourth-order valence-corrected chi connectivity index (χ4v) is 4.16. The summed E-state index contributed by atoms with van der Waals surface area (Å²) in [6.45, 7) is 5.60. The van der Waals surface area contributed by atoms with Crippen LogP contribution in [0.5, 0.6) is 23.0 Å². The van der Waals surface area contributed by atoms with Crippen LogP contribution in [0.1, 0.15) is 17.5 Å². The van der Waals surface area contributed by atoms with Gasteiger partial charge in [0.2, 0.25) is 0 Å². The van der Waals surface area contributed by atoms with E-state index in [0.717, 1.165) is 56.8 Å². The van der Waals surface area contributed by atoms with Crippen LogP contribution in [0.2, 0.25) is 0 Å². The number of benzene rings is 3. The van der Waals surface area contributed by atoms with Crippen molar-refractivity contribution >= 4 is 0 Å². The predicted molar refractivity (Wildman–Crippen MR) is 133 cm³/mol. The largest absolute Gasteiger partial charge is 0.573 e. The number of ether oxygens (including phenoxy) is 3. The highest BCUT2D eigenvalue weighted by Crippen LogP contribution is 2.31. The second-order valence-electron chi connectivity index (χ2n) is 9.11. The van der Waals surface area contributed by atoms with E-state index >= 15 is 0 Å². The molecule has 4 rings (SSSR count). The zero-order valence-electron chi connectivity index (χ0n) is 21.0. The summed E-state index contributed by atoms with van der Waals surface area (Å²) in [6.07, 6.45) is -8.24. The van der Waals surface area contributed by atoms with Crippen molar-refractivity contribution in [3.63, 3.8) is 0 Å². The monoisotopic (exact) mass is 554 g/mol. The molecule has 3 aromatic carbocycles. The molecule has 0 radical (unpaired) electrons. The Balaban J connectivity index is 1.11. The molecule has 5 nitrogen and oxygen atoms in total. The summed E-state index contributed by atoms with van der Waals surface area (Å²) in [6, 6.07) is 17.4. The molecule has 39 heavy (non-hydrogen) atoms. The third kappa shape index (κ3) is 9.36. The number of halogens is 6. The van der Waals surface area contributed by atoms with Gasteiger partial charge in [0.1, 0.15) is 23.0 Å². The van der Waals surface area contributed by atoms with Crippen molar-refractivity contribution in [1.29, 1.82) is 0 Å². The Morgan fingerprint density at radius 1 is 0.615 bits per heavy atom. The Kier molecular flexibility index (Phi) is 9.24. The summed E-state index contributed by atoms with van der Waals surface area (Å²) in [5.41, 5.74) is 0.203. The minimum atomic E-state index is -4.69. The molecule has 3 aromatic rings. The maximum atomic E-state index is 12.7. The van der Waals surface area contributed by atoms with E-state index in [0.29, 0.717) is 30.4 Å². The Bertz CT molecular complexity index is 1160. The minimum Gasteiger partial charge on any atom is -0.494 e. The van der Waals surface area contributed by atoms with E-state index < -0.39 is 18.1 Å². The van der Waals surface area contributed by atoms with Crippen molar-refractivity contribution in [3.8, 4) is 23.0 Å². The van der Waals surface area contributed by atoms with E-state index in [1.165, 1.54) is 24.3 Å². The van der Waals surface area contributed by atoms with Gasteiger partial charge in [0, 0.05) is 39.3 Å². The standard InChI is InChI=1S/C28H28F6N2O3/c29-27(30,31)22-4-8-24(9-5-22)38-25-12-10-23(11-13-25)37-19-1-14-35-15-17-36(18-16-35)20-21-2-6-26(7-3-21)39-28(32,33)34/h2-13H,1,14-20H2. The van der Waals surface area contributed by atoms with Gasteiger partial charge in [-0.15, -0.1) is 13.2 Å². The minimum absolute atomic E-state index is 0.222. The Hall–Kier alpha value is -3.44. The smallest absolute Gasteiger partial charge is 0.494 e. The first-order valence-electron chi connectivity index (χ1n) is 12.4. The summed E-state index contributed by atoms with van der Waals surface area (Å²) in [7, 11) is 0.